The normalized spacial score (nSPS) is 11.1. The van der Waals surface area contributed by atoms with Gasteiger partial charge in [0.05, 0.1) is 0 Å². The number of H-pyrrole nitrogens is 1. The molecule has 0 atom stereocenters. The third-order valence-electron chi connectivity index (χ3n) is 1.64. The van der Waals surface area contributed by atoms with Crippen molar-refractivity contribution in [3.8, 4) is 0 Å². The van der Waals surface area contributed by atoms with Crippen LogP contribution < -0.4 is 0 Å². The van der Waals surface area contributed by atoms with Crippen molar-refractivity contribution >= 4 is 35.3 Å². The van der Waals surface area contributed by atoms with Crippen molar-refractivity contribution in [3.63, 3.8) is 0 Å². The molecule has 1 N–H and O–H groups in total. The molecule has 3 nitrogen and oxygen atoms in total. The lowest BCUT2D eigenvalue weighted by Gasteiger charge is -2.07. The average Bonchev–Trinajstić information content (AvgIpc) is 2.50. The lowest BCUT2D eigenvalue weighted by molar-refractivity contribution is 0.399. The summed E-state index contributed by atoms with van der Waals surface area (Å²) in [5, 5.41) is 6.87. The number of nitrogens with zero attached hydrogens (tertiary/aromatic N) is 2. The summed E-state index contributed by atoms with van der Waals surface area (Å²) in [6.07, 6.45) is 2.48. The summed E-state index contributed by atoms with van der Waals surface area (Å²) < 4.78 is 1.82. The Morgan fingerprint density at radius 2 is 2.29 bits per heavy atom. The molecule has 1 aromatic rings. The SMILES string of the molecule is CN(C)CCCCSc1n[nH]c(=S)s1. The third kappa shape index (κ3) is 5.09. The van der Waals surface area contributed by atoms with Crippen LogP contribution in [0.4, 0.5) is 0 Å². The van der Waals surface area contributed by atoms with Crippen molar-refractivity contribution < 1.29 is 0 Å². The first kappa shape index (κ1) is 12.2. The van der Waals surface area contributed by atoms with Crippen LogP contribution in [-0.2, 0) is 0 Å². The highest BCUT2D eigenvalue weighted by Gasteiger charge is 1.98. The van der Waals surface area contributed by atoms with Crippen molar-refractivity contribution in [2.75, 3.05) is 26.4 Å². The standard InChI is InChI=1S/C8H15N3S3/c1-11(2)5-3-4-6-13-8-10-9-7(12)14-8/h3-6H2,1-2H3,(H,9,12). The van der Waals surface area contributed by atoms with Crippen LogP contribution in [0.15, 0.2) is 4.34 Å². The van der Waals surface area contributed by atoms with Gasteiger partial charge in [0, 0.05) is 5.75 Å². The van der Waals surface area contributed by atoms with Gasteiger partial charge in [-0.2, -0.15) is 5.10 Å². The largest absolute Gasteiger partial charge is 0.309 e. The van der Waals surface area contributed by atoms with E-state index in [1.807, 2.05) is 0 Å². The van der Waals surface area contributed by atoms with Gasteiger partial charge in [0.25, 0.3) is 0 Å². The number of hydrogen-bond acceptors (Lipinski definition) is 5. The van der Waals surface area contributed by atoms with Crippen molar-refractivity contribution in [2.24, 2.45) is 0 Å². The number of rotatable bonds is 6. The maximum absolute atomic E-state index is 4.95. The summed E-state index contributed by atoms with van der Waals surface area (Å²) in [4.78, 5) is 2.21. The van der Waals surface area contributed by atoms with Crippen LogP contribution in [0, 0.1) is 3.95 Å². The first-order valence-corrected chi connectivity index (χ1v) is 6.72. The van der Waals surface area contributed by atoms with Crippen molar-refractivity contribution in [3.05, 3.63) is 3.95 Å². The molecule has 0 aliphatic rings. The van der Waals surface area contributed by atoms with Gasteiger partial charge in [-0.05, 0) is 45.7 Å². The van der Waals surface area contributed by atoms with E-state index in [1.165, 1.54) is 12.8 Å². The molecule has 0 aliphatic heterocycles. The topological polar surface area (TPSA) is 31.9 Å². The minimum Gasteiger partial charge on any atom is -0.309 e. The van der Waals surface area contributed by atoms with Crippen LogP contribution in [0.5, 0.6) is 0 Å². The Bertz CT molecular complexity index is 305. The van der Waals surface area contributed by atoms with E-state index in [0.717, 1.165) is 20.6 Å². The molecule has 0 saturated carbocycles. The second-order valence-electron chi connectivity index (χ2n) is 3.24. The first-order valence-electron chi connectivity index (χ1n) is 4.51. The highest BCUT2D eigenvalue weighted by molar-refractivity contribution is 8.01. The fourth-order valence-electron chi connectivity index (χ4n) is 0.968. The zero-order chi connectivity index (χ0) is 10.4. The van der Waals surface area contributed by atoms with Gasteiger partial charge in [0.15, 0.2) is 8.29 Å². The molecule has 0 spiro atoms. The third-order valence-corrected chi connectivity index (χ3v) is 3.96. The number of thioether (sulfide) groups is 1. The molecule has 1 rings (SSSR count). The van der Waals surface area contributed by atoms with Gasteiger partial charge < -0.3 is 4.90 Å². The zero-order valence-electron chi connectivity index (χ0n) is 8.45. The van der Waals surface area contributed by atoms with E-state index in [0.29, 0.717) is 0 Å². The number of aromatic amines is 1. The van der Waals surface area contributed by atoms with Crippen LogP contribution >= 0.6 is 35.3 Å². The van der Waals surface area contributed by atoms with E-state index in [2.05, 4.69) is 29.2 Å². The van der Waals surface area contributed by atoms with E-state index in [1.54, 1.807) is 23.1 Å². The maximum atomic E-state index is 4.95. The molecule has 0 unspecified atom stereocenters. The Kier molecular flexibility index (Phi) is 5.69. The summed E-state index contributed by atoms with van der Waals surface area (Å²) >= 11 is 8.29. The summed E-state index contributed by atoms with van der Waals surface area (Å²) in [5.74, 6) is 1.13. The summed E-state index contributed by atoms with van der Waals surface area (Å²) in [6.45, 7) is 1.16. The predicted octanol–water partition coefficient (Wildman–Crippen LogP) is 2.63. The van der Waals surface area contributed by atoms with Crippen molar-refractivity contribution in [1.82, 2.24) is 15.1 Å². The van der Waals surface area contributed by atoms with Gasteiger partial charge in [-0.3, -0.25) is 5.10 Å². The number of unbranched alkanes of at least 4 members (excludes halogenated alkanes) is 1. The lowest BCUT2D eigenvalue weighted by atomic mass is 10.3. The summed E-state index contributed by atoms with van der Waals surface area (Å²) in [6, 6.07) is 0. The summed E-state index contributed by atoms with van der Waals surface area (Å²) in [7, 11) is 4.21. The van der Waals surface area contributed by atoms with E-state index in [9.17, 15) is 0 Å². The van der Waals surface area contributed by atoms with E-state index >= 15 is 0 Å². The molecule has 1 aromatic heterocycles. The van der Waals surface area contributed by atoms with Crippen molar-refractivity contribution in [2.45, 2.75) is 17.2 Å². The molecule has 80 valence electrons. The van der Waals surface area contributed by atoms with Crippen LogP contribution in [0.1, 0.15) is 12.8 Å². The van der Waals surface area contributed by atoms with Gasteiger partial charge in [-0.15, -0.1) is 0 Å². The molecule has 0 amide bonds. The Hall–Kier alpha value is 0.0900. The van der Waals surface area contributed by atoms with E-state index < -0.39 is 0 Å². The fourth-order valence-corrected chi connectivity index (χ4v) is 3.12. The van der Waals surface area contributed by atoms with Crippen LogP contribution in [0.3, 0.4) is 0 Å². The molecular weight excluding hydrogens is 234 g/mol. The molecule has 0 aromatic carbocycles. The average molecular weight is 249 g/mol. The van der Waals surface area contributed by atoms with Gasteiger partial charge in [-0.1, -0.05) is 23.1 Å². The Morgan fingerprint density at radius 3 is 2.86 bits per heavy atom. The molecule has 0 saturated heterocycles. The molecule has 1 heterocycles. The van der Waals surface area contributed by atoms with Crippen LogP contribution in [0.2, 0.25) is 0 Å². The zero-order valence-corrected chi connectivity index (χ0v) is 10.9. The summed E-state index contributed by atoms with van der Waals surface area (Å²) in [5.41, 5.74) is 0. The van der Waals surface area contributed by atoms with Gasteiger partial charge in [-0.25, -0.2) is 0 Å². The van der Waals surface area contributed by atoms with Crippen LogP contribution in [0.25, 0.3) is 0 Å². The molecule has 0 fully saturated rings. The predicted molar refractivity (Wildman–Crippen MR) is 65.8 cm³/mol. The number of nitrogens with one attached hydrogen (secondary N) is 1. The highest BCUT2D eigenvalue weighted by atomic mass is 32.2. The monoisotopic (exact) mass is 249 g/mol. The van der Waals surface area contributed by atoms with Gasteiger partial charge in [0.1, 0.15) is 0 Å². The molecule has 14 heavy (non-hydrogen) atoms. The molecular formula is C8H15N3S3. The Morgan fingerprint density at radius 1 is 1.50 bits per heavy atom. The number of aromatic nitrogens is 2. The van der Waals surface area contributed by atoms with Crippen molar-refractivity contribution in [1.29, 1.82) is 0 Å². The smallest absolute Gasteiger partial charge is 0.177 e. The second kappa shape index (κ2) is 6.55. The highest BCUT2D eigenvalue weighted by Crippen LogP contribution is 2.21. The molecule has 0 bridgehead atoms. The minimum atomic E-state index is 0.765. The number of hydrogen-bond donors (Lipinski definition) is 1. The van der Waals surface area contributed by atoms with Gasteiger partial charge >= 0.3 is 0 Å². The Labute approximate surface area is 97.9 Å². The minimum absolute atomic E-state index is 0.765. The fraction of sp³-hybridized carbons (Fsp3) is 0.750. The van der Waals surface area contributed by atoms with E-state index in [4.69, 9.17) is 12.2 Å². The van der Waals surface area contributed by atoms with Crippen LogP contribution in [-0.4, -0.2) is 41.5 Å². The van der Waals surface area contributed by atoms with Gasteiger partial charge in [0.2, 0.25) is 0 Å². The van der Waals surface area contributed by atoms with E-state index in [-0.39, 0.29) is 0 Å². The maximum Gasteiger partial charge on any atom is 0.177 e. The molecule has 0 radical (unpaired) electrons. The quantitative estimate of drug-likeness (QED) is 0.477. The second-order valence-corrected chi connectivity index (χ2v) is 6.25. The lowest BCUT2D eigenvalue weighted by Crippen LogP contribution is -2.12. The molecule has 6 heteroatoms. The Balaban J connectivity index is 2.07. The molecule has 0 aliphatic carbocycles. The first-order chi connectivity index (χ1) is 6.68.